The largest absolute Gasteiger partial charge is 0.465 e. The van der Waals surface area contributed by atoms with Gasteiger partial charge in [0.1, 0.15) is 0 Å². The van der Waals surface area contributed by atoms with Crippen molar-refractivity contribution in [1.82, 2.24) is 0 Å². The summed E-state index contributed by atoms with van der Waals surface area (Å²) in [5, 5.41) is 0. The molecule has 0 bridgehead atoms. The summed E-state index contributed by atoms with van der Waals surface area (Å²) in [6, 6.07) is 8.94. The van der Waals surface area contributed by atoms with Gasteiger partial charge in [-0.1, -0.05) is 11.6 Å². The fraction of sp³-hybridized carbons (Fsp3) is 0.133. The fourth-order valence-corrected chi connectivity index (χ4v) is 2.58. The van der Waals surface area contributed by atoms with Crippen LogP contribution in [0.4, 0.5) is 0 Å². The molecule has 0 fully saturated rings. The van der Waals surface area contributed by atoms with Crippen LogP contribution in [0.25, 0.3) is 0 Å². The van der Waals surface area contributed by atoms with Crippen LogP contribution in [0.3, 0.4) is 0 Å². The third-order valence-corrected chi connectivity index (χ3v) is 4.00. The number of carbonyl (C=O) groups is 3. The molecule has 0 aliphatic heterocycles. The summed E-state index contributed by atoms with van der Waals surface area (Å²) in [4.78, 5) is 35.3. The van der Waals surface area contributed by atoms with Gasteiger partial charge in [0.2, 0.25) is 5.78 Å². The molecule has 1 heterocycles. The topological polar surface area (TPSA) is 69.7 Å². The Bertz CT molecular complexity index is 705. The van der Waals surface area contributed by atoms with Crippen molar-refractivity contribution in [3.05, 3.63) is 56.7 Å². The van der Waals surface area contributed by atoms with E-state index in [-0.39, 0.29) is 18.0 Å². The van der Waals surface area contributed by atoms with Gasteiger partial charge in [-0.25, -0.2) is 9.59 Å². The summed E-state index contributed by atoms with van der Waals surface area (Å²) >= 11 is 6.86. The third kappa shape index (κ3) is 3.93. The molecular formula is C15H11ClO5S. The van der Waals surface area contributed by atoms with Crippen molar-refractivity contribution in [1.29, 1.82) is 0 Å². The zero-order chi connectivity index (χ0) is 16.1. The SMILES string of the molecule is COC(=O)c1ccc(C(=O)OCC(=O)c2ccc(Cl)s2)cc1. The minimum Gasteiger partial charge on any atom is -0.465 e. The summed E-state index contributed by atoms with van der Waals surface area (Å²) in [6.45, 7) is -0.367. The zero-order valence-corrected chi connectivity index (χ0v) is 13.1. The lowest BCUT2D eigenvalue weighted by atomic mass is 10.1. The predicted octanol–water partition coefficient (Wildman–Crippen LogP) is 3.23. The molecule has 1 aromatic carbocycles. The Hall–Kier alpha value is -2.18. The van der Waals surface area contributed by atoms with Crippen molar-refractivity contribution < 1.29 is 23.9 Å². The van der Waals surface area contributed by atoms with Crippen molar-refractivity contribution >= 4 is 40.7 Å². The van der Waals surface area contributed by atoms with Crippen molar-refractivity contribution in [2.24, 2.45) is 0 Å². The number of thiophene rings is 1. The Kier molecular flexibility index (Phi) is 5.30. The maximum atomic E-state index is 11.8. The van der Waals surface area contributed by atoms with E-state index in [1.54, 1.807) is 12.1 Å². The van der Waals surface area contributed by atoms with Crippen LogP contribution in [-0.2, 0) is 9.47 Å². The third-order valence-electron chi connectivity index (χ3n) is 2.72. The van der Waals surface area contributed by atoms with Gasteiger partial charge >= 0.3 is 11.9 Å². The lowest BCUT2D eigenvalue weighted by Crippen LogP contribution is -2.13. The number of halogens is 1. The molecule has 0 N–H and O–H groups in total. The van der Waals surface area contributed by atoms with Crippen LogP contribution in [0.15, 0.2) is 36.4 Å². The van der Waals surface area contributed by atoms with Gasteiger partial charge in [-0.3, -0.25) is 4.79 Å². The van der Waals surface area contributed by atoms with E-state index in [0.717, 1.165) is 11.3 Å². The standard InChI is InChI=1S/C15H11ClO5S/c1-20-14(18)9-2-4-10(5-3-9)15(19)21-8-11(17)12-6-7-13(16)22-12/h2-7H,8H2,1H3. The van der Waals surface area contributed by atoms with Gasteiger partial charge in [0, 0.05) is 0 Å². The van der Waals surface area contributed by atoms with E-state index in [1.807, 2.05) is 0 Å². The highest BCUT2D eigenvalue weighted by Crippen LogP contribution is 2.21. The van der Waals surface area contributed by atoms with Gasteiger partial charge in [-0.05, 0) is 36.4 Å². The van der Waals surface area contributed by atoms with Gasteiger partial charge < -0.3 is 9.47 Å². The summed E-state index contributed by atoms with van der Waals surface area (Å²) in [5.74, 6) is -1.46. The first-order valence-corrected chi connectivity index (χ1v) is 7.34. The first-order valence-electron chi connectivity index (χ1n) is 6.15. The molecule has 2 aromatic rings. The maximum Gasteiger partial charge on any atom is 0.338 e. The van der Waals surface area contributed by atoms with Crippen molar-refractivity contribution in [3.63, 3.8) is 0 Å². The van der Waals surface area contributed by atoms with Crippen LogP contribution >= 0.6 is 22.9 Å². The second-order valence-electron chi connectivity index (χ2n) is 4.17. The van der Waals surface area contributed by atoms with E-state index >= 15 is 0 Å². The minimum absolute atomic E-state index is 0.240. The molecule has 0 aliphatic carbocycles. The lowest BCUT2D eigenvalue weighted by molar-refractivity contribution is 0.0475. The number of ether oxygens (including phenoxy) is 2. The molecule has 1 aromatic heterocycles. The van der Waals surface area contributed by atoms with E-state index < -0.39 is 11.9 Å². The first kappa shape index (κ1) is 16.2. The predicted molar refractivity (Wildman–Crippen MR) is 81.7 cm³/mol. The number of ketones is 1. The molecule has 0 amide bonds. The molecule has 114 valence electrons. The molecule has 2 rings (SSSR count). The quantitative estimate of drug-likeness (QED) is 0.618. The number of carbonyl (C=O) groups excluding carboxylic acids is 3. The number of hydrogen-bond donors (Lipinski definition) is 0. The molecule has 0 saturated carbocycles. The summed E-state index contributed by atoms with van der Waals surface area (Å²) in [7, 11) is 1.27. The average Bonchev–Trinajstić information content (AvgIpc) is 2.98. The molecule has 7 heteroatoms. The van der Waals surface area contributed by atoms with Gasteiger partial charge in [0.25, 0.3) is 0 Å². The Morgan fingerprint density at radius 1 is 1.00 bits per heavy atom. The van der Waals surface area contributed by atoms with E-state index in [2.05, 4.69) is 4.74 Å². The number of benzene rings is 1. The Labute approximate surface area is 135 Å². The minimum atomic E-state index is -0.646. The molecule has 0 spiro atoms. The van der Waals surface area contributed by atoms with Crippen molar-refractivity contribution in [2.45, 2.75) is 0 Å². The second-order valence-corrected chi connectivity index (χ2v) is 5.89. The van der Waals surface area contributed by atoms with Crippen LogP contribution < -0.4 is 0 Å². The Morgan fingerprint density at radius 3 is 2.09 bits per heavy atom. The van der Waals surface area contributed by atoms with Crippen molar-refractivity contribution in [3.8, 4) is 0 Å². The van der Waals surface area contributed by atoms with Gasteiger partial charge in [-0.15, -0.1) is 11.3 Å². The molecular weight excluding hydrogens is 328 g/mol. The van der Waals surface area contributed by atoms with Crippen LogP contribution in [0.2, 0.25) is 4.34 Å². The average molecular weight is 339 g/mol. The Morgan fingerprint density at radius 2 is 1.59 bits per heavy atom. The molecule has 22 heavy (non-hydrogen) atoms. The maximum absolute atomic E-state index is 11.8. The summed E-state index contributed by atoms with van der Waals surface area (Å²) < 4.78 is 9.99. The number of rotatable bonds is 5. The molecule has 0 unspecified atom stereocenters. The van der Waals surface area contributed by atoms with E-state index in [1.165, 1.54) is 31.4 Å². The fourth-order valence-electron chi connectivity index (χ4n) is 1.61. The van der Waals surface area contributed by atoms with Crippen LogP contribution in [0, 0.1) is 0 Å². The summed E-state index contributed by atoms with van der Waals surface area (Å²) in [6.07, 6.45) is 0. The van der Waals surface area contributed by atoms with Crippen LogP contribution in [-0.4, -0.2) is 31.4 Å². The van der Waals surface area contributed by atoms with Gasteiger partial charge in [0.05, 0.1) is 27.5 Å². The van der Waals surface area contributed by atoms with E-state index in [4.69, 9.17) is 16.3 Å². The Balaban J connectivity index is 1.94. The highest BCUT2D eigenvalue weighted by atomic mass is 35.5. The monoisotopic (exact) mass is 338 g/mol. The highest BCUT2D eigenvalue weighted by Gasteiger charge is 2.14. The number of Topliss-reactive ketones (excluding diaryl/α,β-unsaturated/α-hetero) is 1. The molecule has 0 atom stereocenters. The van der Waals surface area contributed by atoms with Crippen LogP contribution in [0.5, 0.6) is 0 Å². The number of esters is 2. The number of hydrogen-bond acceptors (Lipinski definition) is 6. The van der Waals surface area contributed by atoms with Crippen LogP contribution in [0.1, 0.15) is 30.4 Å². The second kappa shape index (κ2) is 7.20. The lowest BCUT2D eigenvalue weighted by Gasteiger charge is -2.04. The zero-order valence-electron chi connectivity index (χ0n) is 11.5. The molecule has 0 radical (unpaired) electrons. The van der Waals surface area contributed by atoms with Gasteiger partial charge in [0.15, 0.2) is 6.61 Å². The normalized spacial score (nSPS) is 10.1. The van der Waals surface area contributed by atoms with E-state index in [0.29, 0.717) is 14.8 Å². The molecule has 0 aliphatic rings. The number of methoxy groups -OCH3 is 1. The molecule has 5 nitrogen and oxygen atoms in total. The molecule has 0 saturated heterocycles. The highest BCUT2D eigenvalue weighted by molar-refractivity contribution is 7.18. The van der Waals surface area contributed by atoms with E-state index in [9.17, 15) is 14.4 Å². The summed E-state index contributed by atoms with van der Waals surface area (Å²) in [5.41, 5.74) is 0.563. The van der Waals surface area contributed by atoms with Crippen molar-refractivity contribution in [2.75, 3.05) is 13.7 Å². The first-order chi connectivity index (χ1) is 10.5. The smallest absolute Gasteiger partial charge is 0.338 e. The van der Waals surface area contributed by atoms with Gasteiger partial charge in [-0.2, -0.15) is 0 Å².